The molecule has 0 radical (unpaired) electrons. The molecule has 0 unspecified atom stereocenters. The molecule has 0 bridgehead atoms. The minimum absolute atomic E-state index is 0.118. The van der Waals surface area contributed by atoms with Crippen LogP contribution in [0.4, 0.5) is 5.69 Å². The largest absolute Gasteiger partial charge is 0.339 e. The van der Waals surface area contributed by atoms with Crippen LogP contribution in [0.2, 0.25) is 0 Å². The lowest BCUT2D eigenvalue weighted by molar-refractivity contribution is 0.0772. The molecule has 2 rings (SSSR count). The molecule has 1 N–H and O–H groups in total. The molecule has 5 nitrogen and oxygen atoms in total. The summed E-state index contributed by atoms with van der Waals surface area (Å²) in [6.45, 7) is 7.06. The Morgan fingerprint density at radius 3 is 2.26 bits per heavy atom. The number of benzene rings is 1. The third-order valence-electron chi connectivity index (χ3n) is 3.61. The highest BCUT2D eigenvalue weighted by Crippen LogP contribution is 2.12. The van der Waals surface area contributed by atoms with E-state index in [1.165, 1.54) is 12.4 Å². The summed E-state index contributed by atoms with van der Waals surface area (Å²) < 4.78 is 0. The van der Waals surface area contributed by atoms with Gasteiger partial charge >= 0.3 is 0 Å². The molecule has 5 heteroatoms. The summed E-state index contributed by atoms with van der Waals surface area (Å²) in [6, 6.07) is 9.11. The van der Waals surface area contributed by atoms with Gasteiger partial charge in [0.1, 0.15) is 0 Å². The van der Waals surface area contributed by atoms with Crippen molar-refractivity contribution in [2.45, 2.75) is 20.8 Å². The Morgan fingerprint density at radius 2 is 1.65 bits per heavy atom. The van der Waals surface area contributed by atoms with Crippen molar-refractivity contribution >= 4 is 17.5 Å². The quantitative estimate of drug-likeness (QED) is 0.923. The molecule has 1 aromatic carbocycles. The van der Waals surface area contributed by atoms with Gasteiger partial charge in [-0.1, -0.05) is 17.7 Å². The van der Waals surface area contributed by atoms with Crippen LogP contribution in [-0.2, 0) is 0 Å². The van der Waals surface area contributed by atoms with Crippen LogP contribution >= 0.6 is 0 Å². The summed E-state index contributed by atoms with van der Waals surface area (Å²) in [5, 5.41) is 2.80. The molecule has 2 aromatic rings. The lowest BCUT2D eigenvalue weighted by Gasteiger charge is -2.18. The summed E-state index contributed by atoms with van der Waals surface area (Å²) in [7, 11) is 0. The summed E-state index contributed by atoms with van der Waals surface area (Å²) in [5.74, 6) is -0.400. The molecular formula is C18H21N3O2. The maximum atomic E-state index is 12.3. The van der Waals surface area contributed by atoms with E-state index < -0.39 is 0 Å². The van der Waals surface area contributed by atoms with Gasteiger partial charge in [-0.2, -0.15) is 0 Å². The van der Waals surface area contributed by atoms with Crippen LogP contribution in [0.3, 0.4) is 0 Å². The van der Waals surface area contributed by atoms with Crippen LogP contribution < -0.4 is 5.32 Å². The Morgan fingerprint density at radius 1 is 1.04 bits per heavy atom. The maximum Gasteiger partial charge on any atom is 0.257 e. The van der Waals surface area contributed by atoms with Crippen molar-refractivity contribution in [3.63, 3.8) is 0 Å². The number of rotatable bonds is 5. The Hall–Kier alpha value is -2.69. The van der Waals surface area contributed by atoms with Crippen LogP contribution in [0, 0.1) is 6.92 Å². The van der Waals surface area contributed by atoms with Crippen LogP contribution in [0.15, 0.2) is 42.7 Å². The van der Waals surface area contributed by atoms with Gasteiger partial charge in [-0.25, -0.2) is 0 Å². The summed E-state index contributed by atoms with van der Waals surface area (Å²) in [6.07, 6.45) is 2.95. The third kappa shape index (κ3) is 4.16. The summed E-state index contributed by atoms with van der Waals surface area (Å²) in [5.41, 5.74) is 2.62. The second-order valence-electron chi connectivity index (χ2n) is 5.26. The fourth-order valence-electron chi connectivity index (χ4n) is 2.21. The Bertz CT molecular complexity index is 692. The molecule has 1 aromatic heterocycles. The molecule has 0 atom stereocenters. The first-order valence-corrected chi connectivity index (χ1v) is 7.67. The van der Waals surface area contributed by atoms with Gasteiger partial charge in [-0.05, 0) is 39.0 Å². The van der Waals surface area contributed by atoms with Gasteiger partial charge < -0.3 is 10.2 Å². The lowest BCUT2D eigenvalue weighted by atomic mass is 10.1. The fourth-order valence-corrected chi connectivity index (χ4v) is 2.21. The van der Waals surface area contributed by atoms with Crippen molar-refractivity contribution in [3.8, 4) is 0 Å². The topological polar surface area (TPSA) is 62.3 Å². The molecule has 23 heavy (non-hydrogen) atoms. The predicted octanol–water partition coefficient (Wildman–Crippen LogP) is 3.12. The van der Waals surface area contributed by atoms with Gasteiger partial charge in [0, 0.05) is 31.2 Å². The van der Waals surface area contributed by atoms with Crippen molar-refractivity contribution in [2.75, 3.05) is 18.4 Å². The molecule has 0 fully saturated rings. The zero-order valence-corrected chi connectivity index (χ0v) is 13.7. The van der Waals surface area contributed by atoms with E-state index in [-0.39, 0.29) is 11.8 Å². The minimum atomic E-state index is -0.282. The number of aromatic nitrogens is 1. The number of hydrogen-bond donors (Lipinski definition) is 1. The molecule has 0 aliphatic heterocycles. The van der Waals surface area contributed by atoms with Gasteiger partial charge in [0.25, 0.3) is 11.8 Å². The second-order valence-corrected chi connectivity index (χ2v) is 5.26. The summed E-state index contributed by atoms with van der Waals surface area (Å²) in [4.78, 5) is 30.4. The van der Waals surface area contributed by atoms with Crippen molar-refractivity contribution in [2.24, 2.45) is 0 Å². The molecule has 0 aliphatic carbocycles. The number of amides is 2. The first-order valence-electron chi connectivity index (χ1n) is 7.67. The number of nitrogens with one attached hydrogen (secondary N) is 1. The minimum Gasteiger partial charge on any atom is -0.339 e. The average molecular weight is 311 g/mol. The number of anilines is 1. The van der Waals surface area contributed by atoms with Crippen LogP contribution in [0.1, 0.15) is 40.1 Å². The molecule has 2 amide bonds. The van der Waals surface area contributed by atoms with Crippen molar-refractivity contribution in [1.29, 1.82) is 0 Å². The molecule has 0 spiro atoms. The number of hydrogen-bond acceptors (Lipinski definition) is 3. The van der Waals surface area contributed by atoms with Crippen molar-refractivity contribution in [3.05, 3.63) is 59.4 Å². The molecule has 120 valence electrons. The van der Waals surface area contributed by atoms with E-state index in [1.807, 2.05) is 45.0 Å². The zero-order valence-electron chi connectivity index (χ0n) is 13.7. The van der Waals surface area contributed by atoms with E-state index in [9.17, 15) is 9.59 Å². The SMILES string of the molecule is CCN(CC)C(=O)c1cncc(C(=O)Nc2ccc(C)cc2)c1. The first-order chi connectivity index (χ1) is 11.0. The maximum absolute atomic E-state index is 12.3. The standard InChI is InChI=1S/C18H21N3O2/c1-4-21(5-2)18(23)15-10-14(11-19-12-15)17(22)20-16-8-6-13(3)7-9-16/h6-12H,4-5H2,1-3H3,(H,20,22). The fraction of sp³-hybridized carbons (Fsp3) is 0.278. The van der Waals surface area contributed by atoms with Crippen molar-refractivity contribution in [1.82, 2.24) is 9.88 Å². The van der Waals surface area contributed by atoms with Crippen LogP contribution in [-0.4, -0.2) is 34.8 Å². The normalized spacial score (nSPS) is 10.2. The molecular weight excluding hydrogens is 290 g/mol. The van der Waals surface area contributed by atoms with E-state index >= 15 is 0 Å². The summed E-state index contributed by atoms with van der Waals surface area (Å²) >= 11 is 0. The van der Waals surface area contributed by atoms with E-state index in [1.54, 1.807) is 11.0 Å². The molecule has 0 saturated carbocycles. The average Bonchev–Trinajstić information content (AvgIpc) is 2.58. The lowest BCUT2D eigenvalue weighted by Crippen LogP contribution is -2.30. The Kier molecular flexibility index (Phi) is 5.46. The third-order valence-corrected chi connectivity index (χ3v) is 3.61. The first kappa shape index (κ1) is 16.7. The highest BCUT2D eigenvalue weighted by Gasteiger charge is 2.15. The van der Waals surface area contributed by atoms with E-state index in [4.69, 9.17) is 0 Å². The number of carbonyl (C=O) groups excluding carboxylic acids is 2. The second kappa shape index (κ2) is 7.54. The van der Waals surface area contributed by atoms with E-state index in [0.29, 0.717) is 29.9 Å². The van der Waals surface area contributed by atoms with E-state index in [2.05, 4.69) is 10.3 Å². The van der Waals surface area contributed by atoms with E-state index in [0.717, 1.165) is 5.56 Å². The van der Waals surface area contributed by atoms with Gasteiger partial charge in [-0.3, -0.25) is 14.6 Å². The van der Waals surface area contributed by atoms with Gasteiger partial charge in [-0.15, -0.1) is 0 Å². The Balaban J connectivity index is 2.17. The number of pyridine rings is 1. The number of carbonyl (C=O) groups is 2. The van der Waals surface area contributed by atoms with Gasteiger partial charge in [0.15, 0.2) is 0 Å². The monoisotopic (exact) mass is 311 g/mol. The highest BCUT2D eigenvalue weighted by atomic mass is 16.2. The number of aryl methyl sites for hydroxylation is 1. The molecule has 1 heterocycles. The Labute approximate surface area is 136 Å². The van der Waals surface area contributed by atoms with Crippen LogP contribution in [0.5, 0.6) is 0 Å². The van der Waals surface area contributed by atoms with Gasteiger partial charge in [0.2, 0.25) is 0 Å². The molecule has 0 aliphatic rings. The smallest absolute Gasteiger partial charge is 0.257 e. The van der Waals surface area contributed by atoms with Crippen LogP contribution in [0.25, 0.3) is 0 Å². The predicted molar refractivity (Wildman–Crippen MR) is 90.6 cm³/mol. The number of nitrogens with zero attached hydrogens (tertiary/aromatic N) is 2. The molecule has 0 saturated heterocycles. The van der Waals surface area contributed by atoms with Gasteiger partial charge in [0.05, 0.1) is 11.1 Å². The zero-order chi connectivity index (χ0) is 16.8. The van der Waals surface area contributed by atoms with Crippen molar-refractivity contribution < 1.29 is 9.59 Å². The highest BCUT2D eigenvalue weighted by molar-refractivity contribution is 6.05.